The van der Waals surface area contributed by atoms with E-state index < -0.39 is 6.09 Å². The predicted molar refractivity (Wildman–Crippen MR) is 71.2 cm³/mol. The van der Waals surface area contributed by atoms with Crippen LogP contribution >= 0.6 is 15.9 Å². The van der Waals surface area contributed by atoms with E-state index in [1.165, 1.54) is 4.90 Å². The van der Waals surface area contributed by atoms with Crippen LogP contribution in [-0.2, 0) is 0 Å². The van der Waals surface area contributed by atoms with Gasteiger partial charge in [0.2, 0.25) is 0 Å². The molecular weight excluding hydrogens is 300 g/mol. The summed E-state index contributed by atoms with van der Waals surface area (Å²) in [5.41, 5.74) is -0.140. The zero-order valence-electron chi connectivity index (χ0n) is 10.5. The second-order valence-corrected chi connectivity index (χ2v) is 6.13. The van der Waals surface area contributed by atoms with Crippen LogP contribution in [0, 0.1) is 5.41 Å². The van der Waals surface area contributed by atoms with Crippen LogP contribution in [0.5, 0.6) is 5.75 Å². The van der Waals surface area contributed by atoms with Crippen molar-refractivity contribution >= 4 is 27.8 Å². The van der Waals surface area contributed by atoms with Crippen LogP contribution in [0.1, 0.15) is 20.8 Å². The minimum atomic E-state index is -1.01. The van der Waals surface area contributed by atoms with Crippen LogP contribution in [0.25, 0.3) is 0 Å². The van der Waals surface area contributed by atoms with Gasteiger partial charge in [0.25, 0.3) is 0 Å². The maximum Gasteiger partial charge on any atom is 0.413 e. The molecule has 0 radical (unpaired) electrons. The fraction of sp³-hybridized carbons (Fsp3) is 0.500. The number of ether oxygens (including phenoxy) is 1. The minimum absolute atomic E-state index is 0.140. The highest BCUT2D eigenvalue weighted by Crippen LogP contribution is 2.37. The predicted octanol–water partition coefficient (Wildman–Crippen LogP) is 3.14. The van der Waals surface area contributed by atoms with Crippen molar-refractivity contribution < 1.29 is 14.6 Å². The number of hydrogen-bond acceptors (Lipinski definition) is 3. The summed E-state index contributed by atoms with van der Waals surface area (Å²) in [5.74, 6) is 0.851. The second kappa shape index (κ2) is 4.42. The van der Waals surface area contributed by atoms with Gasteiger partial charge in [-0.15, -0.1) is 0 Å². The molecule has 1 unspecified atom stereocenters. The molecule has 1 amide bonds. The molecule has 0 aromatic carbocycles. The molecule has 1 aromatic heterocycles. The van der Waals surface area contributed by atoms with Gasteiger partial charge in [-0.1, -0.05) is 20.8 Å². The Balaban J connectivity index is 2.44. The lowest BCUT2D eigenvalue weighted by Gasteiger charge is -2.38. The van der Waals surface area contributed by atoms with Crippen LogP contribution in [0.2, 0.25) is 0 Å². The molecule has 98 valence electrons. The summed E-state index contributed by atoms with van der Waals surface area (Å²) in [5, 5.41) is 9.27. The van der Waals surface area contributed by atoms with E-state index in [9.17, 15) is 9.90 Å². The number of amides is 1. The Morgan fingerprint density at radius 3 is 2.78 bits per heavy atom. The van der Waals surface area contributed by atoms with Gasteiger partial charge in [-0.3, -0.25) is 4.90 Å². The highest BCUT2D eigenvalue weighted by molar-refractivity contribution is 9.10. The van der Waals surface area contributed by atoms with E-state index in [2.05, 4.69) is 20.9 Å². The van der Waals surface area contributed by atoms with Gasteiger partial charge in [0.05, 0.1) is 6.54 Å². The van der Waals surface area contributed by atoms with Gasteiger partial charge in [-0.2, -0.15) is 0 Å². The molecule has 0 fully saturated rings. The maximum atomic E-state index is 11.3. The Labute approximate surface area is 114 Å². The van der Waals surface area contributed by atoms with Crippen LogP contribution in [0.15, 0.2) is 16.7 Å². The highest BCUT2D eigenvalue weighted by atomic mass is 79.9. The molecule has 0 saturated carbocycles. The van der Waals surface area contributed by atoms with E-state index in [0.29, 0.717) is 16.2 Å². The first-order valence-corrected chi connectivity index (χ1v) is 6.42. The molecule has 2 heterocycles. The number of fused-ring (bicyclic) bond motifs is 1. The second-order valence-electron chi connectivity index (χ2n) is 5.32. The number of rotatable bonds is 0. The van der Waals surface area contributed by atoms with Crippen LogP contribution < -0.4 is 9.64 Å². The van der Waals surface area contributed by atoms with Crippen LogP contribution in [0.4, 0.5) is 10.6 Å². The number of halogens is 1. The fourth-order valence-electron chi connectivity index (χ4n) is 1.76. The number of aromatic nitrogens is 1. The Morgan fingerprint density at radius 2 is 2.22 bits per heavy atom. The monoisotopic (exact) mass is 314 g/mol. The van der Waals surface area contributed by atoms with Gasteiger partial charge < -0.3 is 9.84 Å². The summed E-state index contributed by atoms with van der Waals surface area (Å²) in [6, 6.07) is 3.48. The number of carbonyl (C=O) groups is 1. The third-order valence-electron chi connectivity index (χ3n) is 2.88. The van der Waals surface area contributed by atoms with Crippen molar-refractivity contribution in [2.24, 2.45) is 5.41 Å². The lowest BCUT2D eigenvalue weighted by Crippen LogP contribution is -2.49. The molecule has 5 nitrogen and oxygen atoms in total. The summed E-state index contributed by atoms with van der Waals surface area (Å²) in [4.78, 5) is 16.7. The largest absolute Gasteiger partial charge is 0.484 e. The van der Waals surface area contributed by atoms with Crippen molar-refractivity contribution in [1.82, 2.24) is 4.98 Å². The van der Waals surface area contributed by atoms with Gasteiger partial charge in [0, 0.05) is 5.41 Å². The molecule has 1 aliphatic heterocycles. The van der Waals surface area contributed by atoms with Gasteiger partial charge in [-0.05, 0) is 28.1 Å². The van der Waals surface area contributed by atoms with Crippen molar-refractivity contribution in [3.8, 4) is 5.75 Å². The lowest BCUT2D eigenvalue weighted by molar-refractivity contribution is 0.0818. The number of hydrogen-bond donors (Lipinski definition) is 1. The van der Waals surface area contributed by atoms with Crippen LogP contribution in [-0.4, -0.2) is 28.8 Å². The van der Waals surface area contributed by atoms with E-state index in [1.807, 2.05) is 20.8 Å². The Kier molecular flexibility index (Phi) is 3.23. The zero-order valence-corrected chi connectivity index (χ0v) is 12.1. The molecule has 2 rings (SSSR count). The topological polar surface area (TPSA) is 62.7 Å². The normalized spacial score (nSPS) is 19.1. The number of carboxylic acid groups (broad SMARTS) is 1. The summed E-state index contributed by atoms with van der Waals surface area (Å²) in [7, 11) is 0. The van der Waals surface area contributed by atoms with Crippen molar-refractivity contribution in [1.29, 1.82) is 0 Å². The molecule has 1 aromatic rings. The summed E-state index contributed by atoms with van der Waals surface area (Å²) < 4.78 is 6.43. The van der Waals surface area contributed by atoms with E-state index in [1.54, 1.807) is 12.1 Å². The van der Waals surface area contributed by atoms with Gasteiger partial charge in [0.15, 0.2) is 11.6 Å². The Bertz CT molecular complexity index is 485. The SMILES string of the molecule is CC(C)(C)C1CN(C(=O)O)c2nc(Br)ccc2O1. The number of nitrogens with zero attached hydrogens (tertiary/aromatic N) is 2. The number of pyridine rings is 1. The van der Waals surface area contributed by atoms with Gasteiger partial charge in [0.1, 0.15) is 10.7 Å². The first kappa shape index (κ1) is 13.1. The van der Waals surface area contributed by atoms with Crippen molar-refractivity contribution in [2.75, 3.05) is 11.4 Å². The summed E-state index contributed by atoms with van der Waals surface area (Å²) in [6.07, 6.45) is -1.21. The van der Waals surface area contributed by atoms with Gasteiger partial charge in [-0.25, -0.2) is 9.78 Å². The first-order valence-electron chi connectivity index (χ1n) is 5.62. The van der Waals surface area contributed by atoms with Gasteiger partial charge >= 0.3 is 6.09 Å². The molecule has 1 N–H and O–H groups in total. The molecule has 0 aliphatic carbocycles. The van der Waals surface area contributed by atoms with Crippen molar-refractivity contribution in [3.63, 3.8) is 0 Å². The standard InChI is InChI=1S/C12H15BrN2O3/c1-12(2,3)8-6-15(11(16)17)10-7(18-8)4-5-9(13)14-10/h4-5,8H,6H2,1-3H3,(H,16,17). The minimum Gasteiger partial charge on any atom is -0.484 e. The average Bonchev–Trinajstić information content (AvgIpc) is 2.25. The van der Waals surface area contributed by atoms with E-state index in [-0.39, 0.29) is 18.1 Å². The zero-order chi connectivity index (χ0) is 13.5. The molecular formula is C12H15BrN2O3. The first-order chi connectivity index (χ1) is 8.29. The van der Waals surface area contributed by atoms with Crippen molar-refractivity contribution in [3.05, 3.63) is 16.7 Å². The average molecular weight is 315 g/mol. The van der Waals surface area contributed by atoms with Crippen LogP contribution in [0.3, 0.4) is 0 Å². The quantitative estimate of drug-likeness (QED) is 0.747. The molecule has 6 heteroatoms. The number of anilines is 1. The van der Waals surface area contributed by atoms with E-state index in [4.69, 9.17) is 4.74 Å². The highest BCUT2D eigenvalue weighted by Gasteiger charge is 2.37. The smallest absolute Gasteiger partial charge is 0.413 e. The van der Waals surface area contributed by atoms with E-state index >= 15 is 0 Å². The summed E-state index contributed by atoms with van der Waals surface area (Å²) in [6.45, 7) is 6.36. The maximum absolute atomic E-state index is 11.3. The van der Waals surface area contributed by atoms with Crippen molar-refractivity contribution in [2.45, 2.75) is 26.9 Å². The molecule has 0 bridgehead atoms. The third-order valence-corrected chi connectivity index (χ3v) is 3.32. The molecule has 1 atom stereocenters. The Morgan fingerprint density at radius 1 is 1.56 bits per heavy atom. The lowest BCUT2D eigenvalue weighted by atomic mass is 9.88. The molecule has 18 heavy (non-hydrogen) atoms. The third kappa shape index (κ3) is 2.43. The molecule has 0 spiro atoms. The molecule has 1 aliphatic rings. The van der Waals surface area contributed by atoms with E-state index in [0.717, 1.165) is 0 Å². The fourth-order valence-corrected chi connectivity index (χ4v) is 2.06. The summed E-state index contributed by atoms with van der Waals surface area (Å²) >= 11 is 3.24. The molecule has 0 saturated heterocycles. The Hall–Kier alpha value is -1.30.